The molecule has 0 amide bonds. The van der Waals surface area contributed by atoms with Gasteiger partial charge in [-0.15, -0.1) is 0 Å². The zero-order chi connectivity index (χ0) is 25.1. The highest BCUT2D eigenvalue weighted by Gasteiger charge is 2.26. The molecule has 0 heterocycles. The highest BCUT2D eigenvalue weighted by molar-refractivity contribution is 6.31. The van der Waals surface area contributed by atoms with Gasteiger partial charge in [-0.3, -0.25) is 0 Å². The van der Waals surface area contributed by atoms with Gasteiger partial charge in [-0.05, 0) is 68.6 Å². The molecule has 1 aliphatic rings. The summed E-state index contributed by atoms with van der Waals surface area (Å²) in [6.07, 6.45) is 6.28. The SMILES string of the molecule is C=C(C)C(=O)OC(COC(=O)C(=C)CO)COC1CCC(c2ccc(CCCC)c(Cl)c2)CC1. The molecule has 1 unspecified atom stereocenters. The van der Waals surface area contributed by atoms with E-state index in [1.807, 2.05) is 0 Å². The molecule has 1 aliphatic carbocycles. The average molecular weight is 493 g/mol. The smallest absolute Gasteiger partial charge is 0.335 e. The van der Waals surface area contributed by atoms with E-state index in [1.54, 1.807) is 6.92 Å². The van der Waals surface area contributed by atoms with Gasteiger partial charge in [0.15, 0.2) is 6.10 Å². The van der Waals surface area contributed by atoms with Crippen LogP contribution in [-0.4, -0.2) is 49.1 Å². The minimum absolute atomic E-state index is 0.0321. The number of aliphatic hydroxyl groups is 1. The Morgan fingerprint density at radius 2 is 1.85 bits per heavy atom. The van der Waals surface area contributed by atoms with Gasteiger partial charge in [-0.2, -0.15) is 0 Å². The average Bonchev–Trinajstić information content (AvgIpc) is 2.84. The summed E-state index contributed by atoms with van der Waals surface area (Å²) in [5.74, 6) is -0.868. The first-order valence-corrected chi connectivity index (χ1v) is 12.3. The number of ether oxygens (including phenoxy) is 3. The number of esters is 2. The molecule has 0 aliphatic heterocycles. The number of halogens is 1. The first kappa shape index (κ1) is 28.1. The molecule has 7 heteroatoms. The third kappa shape index (κ3) is 8.90. The molecule has 1 aromatic rings. The Labute approximate surface area is 207 Å². The normalized spacial score (nSPS) is 18.7. The molecule has 1 fully saturated rings. The van der Waals surface area contributed by atoms with Gasteiger partial charge in [0.05, 0.1) is 24.9 Å². The third-order valence-corrected chi connectivity index (χ3v) is 6.39. The van der Waals surface area contributed by atoms with Crippen molar-refractivity contribution < 1.29 is 28.9 Å². The lowest BCUT2D eigenvalue weighted by Crippen LogP contribution is -2.33. The molecule has 2 rings (SSSR count). The van der Waals surface area contributed by atoms with E-state index in [2.05, 4.69) is 38.3 Å². The standard InChI is InChI=1S/C27H37ClO6/c1-5-6-7-21-8-9-22(14-25(21)28)20-10-12-23(13-11-20)32-16-24(34-26(30)18(2)3)17-33-27(31)19(4)15-29/h8-9,14,20,23-24,29H,2,4-7,10-13,15-17H2,1,3H3. The van der Waals surface area contributed by atoms with E-state index in [-0.39, 0.29) is 30.5 Å². The number of rotatable bonds is 13. The van der Waals surface area contributed by atoms with Crippen LogP contribution < -0.4 is 0 Å². The summed E-state index contributed by atoms with van der Waals surface area (Å²) in [7, 11) is 0. The Morgan fingerprint density at radius 3 is 2.44 bits per heavy atom. The molecule has 0 radical (unpaired) electrons. The Hall–Kier alpha value is -2.15. The summed E-state index contributed by atoms with van der Waals surface area (Å²) in [4.78, 5) is 23.7. The maximum Gasteiger partial charge on any atom is 0.335 e. The molecular formula is C27H37ClO6. The molecule has 1 atom stereocenters. The molecule has 1 aromatic carbocycles. The summed E-state index contributed by atoms with van der Waals surface area (Å²) in [6.45, 7) is 10.1. The zero-order valence-electron chi connectivity index (χ0n) is 20.3. The van der Waals surface area contributed by atoms with Crippen LogP contribution in [0.1, 0.15) is 69.4 Å². The van der Waals surface area contributed by atoms with Crippen molar-refractivity contribution in [2.24, 2.45) is 0 Å². The first-order chi connectivity index (χ1) is 16.2. The molecule has 34 heavy (non-hydrogen) atoms. The minimum atomic E-state index is -0.771. The van der Waals surface area contributed by atoms with Crippen LogP contribution in [0.15, 0.2) is 42.5 Å². The lowest BCUT2D eigenvalue weighted by Gasteiger charge is -2.30. The fourth-order valence-electron chi connectivity index (χ4n) is 3.90. The van der Waals surface area contributed by atoms with Gasteiger partial charge in [0.25, 0.3) is 0 Å². The third-order valence-electron chi connectivity index (χ3n) is 6.04. The Kier molecular flexibility index (Phi) is 11.8. The Balaban J connectivity index is 1.86. The number of aliphatic hydroxyl groups excluding tert-OH is 1. The first-order valence-electron chi connectivity index (χ1n) is 12.0. The van der Waals surface area contributed by atoms with Gasteiger partial charge in [0.2, 0.25) is 0 Å². The molecule has 6 nitrogen and oxygen atoms in total. The molecule has 0 bridgehead atoms. The van der Waals surface area contributed by atoms with Crippen molar-refractivity contribution in [3.63, 3.8) is 0 Å². The summed E-state index contributed by atoms with van der Waals surface area (Å²) in [5, 5.41) is 9.85. The molecule has 0 spiro atoms. The van der Waals surface area contributed by atoms with Crippen LogP contribution in [0.25, 0.3) is 0 Å². The second-order valence-electron chi connectivity index (χ2n) is 8.93. The minimum Gasteiger partial charge on any atom is -0.458 e. The summed E-state index contributed by atoms with van der Waals surface area (Å²) >= 11 is 6.51. The summed E-state index contributed by atoms with van der Waals surface area (Å²) in [6, 6.07) is 6.47. The molecular weight excluding hydrogens is 456 g/mol. The van der Waals surface area contributed by atoms with Crippen molar-refractivity contribution in [1.29, 1.82) is 0 Å². The van der Waals surface area contributed by atoms with Gasteiger partial charge in [-0.1, -0.05) is 50.2 Å². The molecule has 1 N–H and O–H groups in total. The van der Waals surface area contributed by atoms with Crippen LogP contribution in [0.2, 0.25) is 5.02 Å². The van der Waals surface area contributed by atoms with Gasteiger partial charge in [-0.25, -0.2) is 9.59 Å². The van der Waals surface area contributed by atoms with Crippen LogP contribution in [-0.2, 0) is 30.2 Å². The van der Waals surface area contributed by atoms with Crippen molar-refractivity contribution >= 4 is 23.5 Å². The van der Waals surface area contributed by atoms with E-state index in [4.69, 9.17) is 30.9 Å². The van der Waals surface area contributed by atoms with Crippen molar-refractivity contribution in [3.8, 4) is 0 Å². The van der Waals surface area contributed by atoms with Crippen LogP contribution in [0.4, 0.5) is 0 Å². The van der Waals surface area contributed by atoms with E-state index in [1.165, 1.54) is 11.1 Å². The van der Waals surface area contributed by atoms with Gasteiger partial charge >= 0.3 is 11.9 Å². The largest absolute Gasteiger partial charge is 0.458 e. The molecule has 0 saturated heterocycles. The number of aryl methyl sites for hydroxylation is 1. The molecule has 1 saturated carbocycles. The molecule has 0 aromatic heterocycles. The highest BCUT2D eigenvalue weighted by atomic mass is 35.5. The van der Waals surface area contributed by atoms with Crippen LogP contribution >= 0.6 is 11.6 Å². The van der Waals surface area contributed by atoms with Crippen molar-refractivity contribution in [3.05, 3.63) is 58.7 Å². The monoisotopic (exact) mass is 492 g/mol. The lowest BCUT2D eigenvalue weighted by molar-refractivity contribution is -0.159. The van der Waals surface area contributed by atoms with E-state index < -0.39 is 24.6 Å². The number of hydrogen-bond donors (Lipinski definition) is 1. The van der Waals surface area contributed by atoms with E-state index in [9.17, 15) is 9.59 Å². The molecule has 188 valence electrons. The van der Waals surface area contributed by atoms with Gasteiger partial charge in [0, 0.05) is 10.6 Å². The quantitative estimate of drug-likeness (QED) is 0.297. The Morgan fingerprint density at radius 1 is 1.15 bits per heavy atom. The number of benzene rings is 1. The van der Waals surface area contributed by atoms with Crippen LogP contribution in [0.5, 0.6) is 0 Å². The fourth-order valence-corrected chi connectivity index (χ4v) is 4.18. The number of unbranched alkanes of at least 4 members (excludes halogenated alkanes) is 1. The fraction of sp³-hybridized carbons (Fsp3) is 0.556. The zero-order valence-corrected chi connectivity index (χ0v) is 21.1. The van der Waals surface area contributed by atoms with Crippen molar-refractivity contribution in [1.82, 2.24) is 0 Å². The summed E-state index contributed by atoms with van der Waals surface area (Å²) in [5.41, 5.74) is 2.66. The predicted octanol–water partition coefficient (Wildman–Crippen LogP) is 5.31. The Bertz CT molecular complexity index is 857. The number of hydrogen-bond acceptors (Lipinski definition) is 6. The van der Waals surface area contributed by atoms with Crippen LogP contribution in [0.3, 0.4) is 0 Å². The number of carbonyl (C=O) groups is 2. The summed E-state index contributed by atoms with van der Waals surface area (Å²) < 4.78 is 16.5. The maximum absolute atomic E-state index is 12.0. The second-order valence-corrected chi connectivity index (χ2v) is 9.34. The van der Waals surface area contributed by atoms with E-state index in [0.717, 1.165) is 50.0 Å². The number of carbonyl (C=O) groups excluding carboxylic acids is 2. The van der Waals surface area contributed by atoms with Gasteiger partial charge < -0.3 is 19.3 Å². The van der Waals surface area contributed by atoms with E-state index in [0.29, 0.717) is 5.92 Å². The highest BCUT2D eigenvalue weighted by Crippen LogP contribution is 2.36. The topological polar surface area (TPSA) is 82.1 Å². The van der Waals surface area contributed by atoms with Crippen molar-refractivity contribution in [2.45, 2.75) is 76.9 Å². The van der Waals surface area contributed by atoms with Gasteiger partial charge in [0.1, 0.15) is 6.61 Å². The van der Waals surface area contributed by atoms with Crippen LogP contribution in [0, 0.1) is 0 Å². The van der Waals surface area contributed by atoms with E-state index >= 15 is 0 Å². The predicted molar refractivity (Wildman–Crippen MR) is 133 cm³/mol. The van der Waals surface area contributed by atoms with Crippen molar-refractivity contribution in [2.75, 3.05) is 19.8 Å². The lowest BCUT2D eigenvalue weighted by atomic mass is 9.82. The second kappa shape index (κ2) is 14.3. The maximum atomic E-state index is 12.0.